The quantitative estimate of drug-likeness (QED) is 0.0340. The lowest BCUT2D eigenvalue weighted by molar-refractivity contribution is -0.295. The first-order valence-electron chi connectivity index (χ1n) is 45.5. The topological polar surface area (TPSA) is 350 Å². The molecule has 10 heterocycles. The fourth-order valence-corrected chi connectivity index (χ4v) is 21.1. The lowest BCUT2D eigenvalue weighted by atomic mass is 9.72. The van der Waals surface area contributed by atoms with Crippen LogP contribution in [-0.4, -0.2) is 276 Å². The summed E-state index contributed by atoms with van der Waals surface area (Å²) >= 11 is 0. The van der Waals surface area contributed by atoms with Crippen LogP contribution >= 0.6 is 0 Å². The molecule has 26 atom stereocenters. The molecular formula is C95H141FN10O21. The Morgan fingerprint density at radius 3 is 1.44 bits per heavy atom. The molecule has 1 aromatic carbocycles. The van der Waals surface area contributed by atoms with Gasteiger partial charge in [-0.3, -0.25) is 24.0 Å². The van der Waals surface area contributed by atoms with Crippen molar-refractivity contribution in [1.29, 1.82) is 0 Å². The highest BCUT2D eigenvalue weighted by atomic mass is 19.1. The van der Waals surface area contributed by atoms with Gasteiger partial charge in [0.2, 0.25) is 0 Å². The number of ketones is 4. The number of methoxy groups -OCH3 is 2. The average molecular weight is 1780 g/mol. The molecular weight excluding hydrogens is 1640 g/mol. The van der Waals surface area contributed by atoms with Crippen LogP contribution in [-0.2, 0) is 92.0 Å². The molecule has 1 N–H and O–H groups in total. The summed E-state index contributed by atoms with van der Waals surface area (Å²) in [5.74, 6) is -11.6. The zero-order chi connectivity index (χ0) is 93.9. The number of likely N-dealkylation sites (N-methyl/N-ethyl adjacent to an activating group) is 2. The van der Waals surface area contributed by atoms with E-state index in [1.807, 2.05) is 110 Å². The normalized spacial score (nSPS) is 35.5. The Morgan fingerprint density at radius 1 is 0.567 bits per heavy atom. The van der Waals surface area contributed by atoms with Crippen LogP contribution in [0.5, 0.6) is 0 Å². The second-order valence-electron chi connectivity index (χ2n) is 38.7. The predicted molar refractivity (Wildman–Crippen MR) is 471 cm³/mol. The minimum atomic E-state index is -3.18. The van der Waals surface area contributed by atoms with Gasteiger partial charge in [-0.25, -0.2) is 43.5 Å². The third-order valence-electron chi connectivity index (χ3n) is 28.6. The van der Waals surface area contributed by atoms with Gasteiger partial charge in [-0.1, -0.05) is 87.4 Å². The number of imidazole rings is 2. The molecule has 2 amide bonds. The molecule has 0 aliphatic carbocycles. The van der Waals surface area contributed by atoms with Gasteiger partial charge in [-0.05, 0) is 211 Å². The van der Waals surface area contributed by atoms with Gasteiger partial charge in [-0.15, -0.1) is 0 Å². The number of rotatable bonds is 24. The van der Waals surface area contributed by atoms with E-state index >= 15 is 9.18 Å². The van der Waals surface area contributed by atoms with Crippen molar-refractivity contribution in [2.24, 2.45) is 41.4 Å². The van der Waals surface area contributed by atoms with Crippen molar-refractivity contribution >= 4 is 75.6 Å². The summed E-state index contributed by atoms with van der Waals surface area (Å²) in [6.07, 6.45) is -0.0662. The summed E-state index contributed by atoms with van der Waals surface area (Å²) in [7, 11) is 10.3. The van der Waals surface area contributed by atoms with Gasteiger partial charge in [-0.2, -0.15) is 0 Å². The van der Waals surface area contributed by atoms with Gasteiger partial charge in [0.15, 0.2) is 52.7 Å². The number of aromatic nitrogens is 6. The number of hydrogen-bond acceptors (Lipinski definition) is 27. The molecule has 6 fully saturated rings. The first-order valence-corrected chi connectivity index (χ1v) is 45.5. The number of nitrogens with zero attached hydrogens (tertiary/aromatic N) is 10. The number of aliphatic hydroxyl groups is 1. The molecule has 0 saturated carbocycles. The minimum Gasteiger partial charge on any atom is -0.457 e. The van der Waals surface area contributed by atoms with Crippen molar-refractivity contribution in [3.05, 3.63) is 85.2 Å². The zero-order valence-electron chi connectivity index (χ0n) is 79.5. The van der Waals surface area contributed by atoms with Crippen molar-refractivity contribution in [2.75, 3.05) is 55.5 Å². The molecule has 11 rings (SSSR count). The second-order valence-corrected chi connectivity index (χ2v) is 38.7. The van der Waals surface area contributed by atoms with Crippen LogP contribution in [0.3, 0.4) is 0 Å². The number of ether oxygens (including phenoxy) is 11. The van der Waals surface area contributed by atoms with E-state index in [1.54, 1.807) is 108 Å². The van der Waals surface area contributed by atoms with E-state index in [4.69, 9.17) is 52.1 Å². The Hall–Kier alpha value is -8.34. The Kier molecular flexibility index (Phi) is 32.2. The first kappa shape index (κ1) is 101. The van der Waals surface area contributed by atoms with Crippen molar-refractivity contribution in [1.82, 2.24) is 48.7 Å². The number of amides is 2. The molecule has 31 nitrogen and oxygen atoms in total. The molecule has 0 bridgehead atoms. The highest BCUT2D eigenvalue weighted by Gasteiger charge is 2.66. The Bertz CT molecular complexity index is 4680. The highest BCUT2D eigenvalue weighted by Crippen LogP contribution is 2.49. The van der Waals surface area contributed by atoms with Gasteiger partial charge in [0.1, 0.15) is 35.8 Å². The molecule has 704 valence electrons. The third kappa shape index (κ3) is 20.4. The van der Waals surface area contributed by atoms with Crippen LogP contribution in [0.25, 0.3) is 22.3 Å². The Morgan fingerprint density at radius 2 is 1.00 bits per heavy atom. The maximum atomic E-state index is 17.0. The van der Waals surface area contributed by atoms with Crippen molar-refractivity contribution in [3.63, 3.8) is 0 Å². The first-order chi connectivity index (χ1) is 59.6. The summed E-state index contributed by atoms with van der Waals surface area (Å²) < 4.78 is 90.8. The third-order valence-corrected chi connectivity index (χ3v) is 28.6. The number of carbonyl (C=O) groups excluding carboxylic acids is 9. The molecule has 6 aliphatic rings. The van der Waals surface area contributed by atoms with E-state index in [2.05, 4.69) is 56.8 Å². The van der Waals surface area contributed by atoms with Gasteiger partial charge >= 0.3 is 30.1 Å². The number of aliphatic hydroxyl groups excluding tert-OH is 1. The molecule has 32 heteroatoms. The van der Waals surface area contributed by atoms with Crippen LogP contribution in [0.2, 0.25) is 0 Å². The van der Waals surface area contributed by atoms with Crippen LogP contribution in [0.1, 0.15) is 226 Å². The second kappa shape index (κ2) is 40.6. The minimum absolute atomic E-state index is 0.00233. The predicted octanol–water partition coefficient (Wildman–Crippen LogP) is 13.0. The summed E-state index contributed by atoms with van der Waals surface area (Å²) in [6.45, 7) is 35.8. The summed E-state index contributed by atoms with van der Waals surface area (Å²) in [5, 5.41) is 11.5. The number of halogens is 1. The lowest BCUT2D eigenvalue weighted by Crippen LogP contribution is -2.62. The molecule has 4 aromatic heterocycles. The molecule has 6 saturated heterocycles. The summed E-state index contributed by atoms with van der Waals surface area (Å²) in [5.41, 5.74) is -6.42. The van der Waals surface area contributed by atoms with Crippen molar-refractivity contribution < 1.29 is 105 Å². The van der Waals surface area contributed by atoms with E-state index < -0.39 is 184 Å². The number of benzene rings is 1. The van der Waals surface area contributed by atoms with Gasteiger partial charge in [0.05, 0.1) is 83.0 Å². The zero-order valence-corrected chi connectivity index (χ0v) is 79.5. The van der Waals surface area contributed by atoms with Gasteiger partial charge in [0, 0.05) is 92.3 Å². The summed E-state index contributed by atoms with van der Waals surface area (Å²) in [4.78, 5) is 154. The number of hydrogen-bond donors (Lipinski definition) is 1. The number of esters is 3. The van der Waals surface area contributed by atoms with E-state index in [1.165, 1.54) is 28.1 Å². The van der Waals surface area contributed by atoms with E-state index in [-0.39, 0.29) is 87.5 Å². The Balaban J connectivity index is 0.000000266. The van der Waals surface area contributed by atoms with E-state index in [0.29, 0.717) is 55.4 Å². The molecule has 0 spiro atoms. The van der Waals surface area contributed by atoms with Crippen LogP contribution < -0.4 is 0 Å². The fraction of sp³-hybridized carbons (Fsp3) is 0.716. The molecule has 2 unspecified atom stereocenters. The number of carbonyl (C=O) groups is 9. The van der Waals surface area contributed by atoms with Crippen LogP contribution in [0.15, 0.2) is 79.6 Å². The monoisotopic (exact) mass is 1780 g/mol. The summed E-state index contributed by atoms with van der Waals surface area (Å²) in [6, 6.07) is 13.8. The maximum absolute atomic E-state index is 17.0. The number of alkyl halides is 1. The molecule has 127 heavy (non-hydrogen) atoms. The van der Waals surface area contributed by atoms with Gasteiger partial charge < -0.3 is 85.9 Å². The van der Waals surface area contributed by atoms with Crippen molar-refractivity contribution in [2.45, 2.75) is 340 Å². The number of cyclic esters (lactones) is 2. The number of Topliss-reactive ketones (excluding diaryl/α,β-unsaturated/α-hetero) is 4. The molecule has 0 radical (unpaired) electrons. The fourth-order valence-electron chi connectivity index (χ4n) is 21.1. The molecule has 6 aliphatic heterocycles. The Labute approximate surface area is 747 Å². The maximum Gasteiger partial charge on any atom is 0.410 e. The lowest BCUT2D eigenvalue weighted by Gasteiger charge is -2.48. The average Bonchev–Trinajstić information content (AvgIpc) is 1.60. The van der Waals surface area contributed by atoms with E-state index in [0.717, 1.165) is 18.0 Å². The van der Waals surface area contributed by atoms with E-state index in [9.17, 15) is 43.5 Å². The van der Waals surface area contributed by atoms with Gasteiger partial charge in [0.25, 0.3) is 5.67 Å². The van der Waals surface area contributed by atoms with Crippen LogP contribution in [0, 0.1) is 41.4 Å². The largest absolute Gasteiger partial charge is 0.457 e. The smallest absolute Gasteiger partial charge is 0.410 e. The van der Waals surface area contributed by atoms with Crippen molar-refractivity contribution in [3.8, 4) is 0 Å². The highest BCUT2D eigenvalue weighted by molar-refractivity contribution is 6.08. The van der Waals surface area contributed by atoms with Crippen LogP contribution in [0.4, 0.5) is 14.0 Å². The number of pyridine rings is 2. The molecule has 5 aromatic rings. The standard InChI is InChI=1S/C51H73N5O11.C44H68FN5O10/c1-14-38-51(15-2)42(55(48(61)67-51)26-20-24-49(8,9)56-29-53-44-36(56)23-19-25-52-44)32(5)39(57)30(3)28-50(10,62-13)43(33(6)40(58)34(7)45(59)64-38)66-47-41(37(54(11)12)27-31(4)63-47)65-46(60)35-21-17-16-18-22-35;1-14-31-44(15-2)34(49(40(55)60-44)21-17-19-41(7,8)50-24-47-37-29(50)18-16-20-46-37)27(5)32(51)25(3)23-42(9,56-13)36(28(6)35(53)43(10,45)39(54)58-31)59-38-33(52)30(48(11)12)22-26(4)57-38/h16-19,21-23,25,29-34,37-38,41-43,47H,14-15,20,24,26-28H2,1-13H3;16,18,20,24-28,30-31,33-34,36,38,52H,14-15,17,19,21-23H2,1-13H3/t30-,31-,32+,33+,34-,37+,38-,41-,42-,43-,47?,50+,51-;25-,26-,27+,28+,30+,31-,33-,34-,36-,38?,42+,43+,44-/m11/s1. The SMILES string of the molecule is CC[C@H]1OC(=O)[C@@](C)(F)C(=O)[C@H](C)[C@@H](OC2O[C@H](C)C[C@H](N(C)C)[C@H]2O)[C@@](C)(OC)C[C@@H](C)C(=O)[C@H](C)[C@H]2N(CCCC(C)(C)n3cnc4ncccc43)C(=O)O[C@]12CC.CC[C@H]1OC(=O)[C@H](C)C(=O)[C@H](C)[C@@H](OC2O[C@H](C)C[C@H](N(C)C)[C@H]2OC(=O)c2ccccc2)[C@@](C)(OC)C[C@@H](C)C(=O)[C@H](C)[C@H]2N(CCCC(C)(C)n3cnc4ncccc43)C(=O)O[C@]12CC. The number of fused-ring (bicyclic) bond motifs is 4.